The molecule has 2 aromatic heterocycles. The van der Waals surface area contributed by atoms with Crippen LogP contribution in [0.3, 0.4) is 0 Å². The van der Waals surface area contributed by atoms with Crippen LogP contribution >= 0.6 is 0 Å². The van der Waals surface area contributed by atoms with Crippen molar-refractivity contribution in [3.63, 3.8) is 0 Å². The summed E-state index contributed by atoms with van der Waals surface area (Å²) in [4.78, 5) is 20.2. The van der Waals surface area contributed by atoms with Gasteiger partial charge in [0, 0.05) is 25.2 Å². The van der Waals surface area contributed by atoms with Crippen LogP contribution in [0.2, 0.25) is 0 Å². The van der Waals surface area contributed by atoms with Crippen molar-refractivity contribution in [1.29, 1.82) is 0 Å². The van der Waals surface area contributed by atoms with Gasteiger partial charge in [-0.3, -0.25) is 4.98 Å². The number of hydrogen-bond donors (Lipinski definition) is 1. The van der Waals surface area contributed by atoms with Crippen LogP contribution < -0.4 is 0 Å². The van der Waals surface area contributed by atoms with Gasteiger partial charge in [-0.1, -0.05) is 61.5 Å². The fourth-order valence-corrected chi connectivity index (χ4v) is 3.59. The molecule has 0 atom stereocenters. The Hall–Kier alpha value is -3.80. The molecular weight excluding hydrogens is 388 g/mol. The number of aromatic nitrogens is 4. The topological polar surface area (TPSA) is 80.9 Å². The SMILES string of the molecule is CCCc1nc(Cc2ccccc2)nn1Cc1ccc(-c2ccncc2C(=O)O)cc1. The van der Waals surface area contributed by atoms with Crippen molar-refractivity contribution in [3.8, 4) is 11.1 Å². The quantitative estimate of drug-likeness (QED) is 0.456. The fraction of sp³-hybridized carbons (Fsp3) is 0.200. The summed E-state index contributed by atoms with van der Waals surface area (Å²) in [7, 11) is 0. The van der Waals surface area contributed by atoms with Crippen LogP contribution in [-0.4, -0.2) is 30.8 Å². The minimum atomic E-state index is -0.982. The number of aromatic carboxylic acids is 1. The van der Waals surface area contributed by atoms with Gasteiger partial charge < -0.3 is 5.11 Å². The molecule has 0 spiro atoms. The molecule has 6 nitrogen and oxygen atoms in total. The first kappa shape index (κ1) is 20.5. The average Bonchev–Trinajstić information content (AvgIpc) is 3.16. The van der Waals surface area contributed by atoms with E-state index < -0.39 is 5.97 Å². The van der Waals surface area contributed by atoms with Gasteiger partial charge in [-0.2, -0.15) is 5.10 Å². The lowest BCUT2D eigenvalue weighted by molar-refractivity contribution is 0.0697. The molecule has 0 aliphatic carbocycles. The van der Waals surface area contributed by atoms with Gasteiger partial charge in [0.15, 0.2) is 5.82 Å². The summed E-state index contributed by atoms with van der Waals surface area (Å²) in [6.45, 7) is 2.76. The Morgan fingerprint density at radius 3 is 2.48 bits per heavy atom. The summed E-state index contributed by atoms with van der Waals surface area (Å²) >= 11 is 0. The van der Waals surface area contributed by atoms with E-state index in [2.05, 4.69) is 24.0 Å². The first-order valence-electron chi connectivity index (χ1n) is 10.4. The highest BCUT2D eigenvalue weighted by atomic mass is 16.4. The summed E-state index contributed by atoms with van der Waals surface area (Å²) in [6.07, 6.45) is 5.58. The fourth-order valence-electron chi connectivity index (χ4n) is 3.59. The van der Waals surface area contributed by atoms with Gasteiger partial charge in [-0.25, -0.2) is 14.5 Å². The van der Waals surface area contributed by atoms with Crippen LogP contribution in [0, 0.1) is 0 Å². The molecule has 0 aliphatic rings. The van der Waals surface area contributed by atoms with Crippen LogP contribution in [0.1, 0.15) is 46.5 Å². The Morgan fingerprint density at radius 2 is 1.77 bits per heavy atom. The van der Waals surface area contributed by atoms with E-state index in [0.717, 1.165) is 35.6 Å². The Morgan fingerprint density at radius 1 is 1.00 bits per heavy atom. The first-order chi connectivity index (χ1) is 15.1. The second-order valence-electron chi connectivity index (χ2n) is 7.44. The third-order valence-electron chi connectivity index (χ3n) is 5.12. The predicted molar refractivity (Wildman–Crippen MR) is 119 cm³/mol. The Labute approximate surface area is 181 Å². The molecule has 1 N–H and O–H groups in total. The maximum atomic E-state index is 11.5. The van der Waals surface area contributed by atoms with Crippen molar-refractivity contribution < 1.29 is 9.90 Å². The molecule has 0 saturated heterocycles. The van der Waals surface area contributed by atoms with E-state index in [0.29, 0.717) is 18.5 Å². The van der Waals surface area contributed by atoms with Crippen LogP contribution in [0.15, 0.2) is 73.1 Å². The van der Waals surface area contributed by atoms with E-state index in [4.69, 9.17) is 10.1 Å². The molecule has 0 bridgehead atoms. The van der Waals surface area contributed by atoms with Crippen LogP contribution in [-0.2, 0) is 19.4 Å². The highest BCUT2D eigenvalue weighted by Gasteiger charge is 2.13. The van der Waals surface area contributed by atoms with Crippen molar-refractivity contribution in [2.24, 2.45) is 0 Å². The van der Waals surface area contributed by atoms with Crippen LogP contribution in [0.4, 0.5) is 0 Å². The van der Waals surface area contributed by atoms with Gasteiger partial charge in [-0.15, -0.1) is 0 Å². The zero-order valence-electron chi connectivity index (χ0n) is 17.4. The monoisotopic (exact) mass is 412 g/mol. The Balaban J connectivity index is 1.56. The zero-order chi connectivity index (χ0) is 21.6. The normalized spacial score (nSPS) is 10.9. The molecule has 0 amide bonds. The van der Waals surface area contributed by atoms with Gasteiger partial charge >= 0.3 is 5.97 Å². The van der Waals surface area contributed by atoms with Crippen molar-refractivity contribution in [3.05, 3.63) is 101 Å². The van der Waals surface area contributed by atoms with Crippen LogP contribution in [0.25, 0.3) is 11.1 Å². The molecule has 4 aromatic rings. The second kappa shape index (κ2) is 9.34. The molecule has 156 valence electrons. The zero-order valence-corrected chi connectivity index (χ0v) is 17.4. The molecule has 0 unspecified atom stereocenters. The third kappa shape index (κ3) is 4.86. The summed E-state index contributed by atoms with van der Waals surface area (Å²) < 4.78 is 1.98. The number of pyridine rings is 1. The number of hydrogen-bond acceptors (Lipinski definition) is 4. The first-order valence-corrected chi connectivity index (χ1v) is 10.4. The largest absolute Gasteiger partial charge is 0.478 e. The molecule has 0 fully saturated rings. The van der Waals surface area contributed by atoms with Crippen molar-refractivity contribution >= 4 is 5.97 Å². The van der Waals surface area contributed by atoms with Crippen LogP contribution in [0.5, 0.6) is 0 Å². The predicted octanol–water partition coefficient (Wildman–Crippen LogP) is 4.63. The molecule has 4 rings (SSSR count). The van der Waals surface area contributed by atoms with E-state index in [-0.39, 0.29) is 5.56 Å². The third-order valence-corrected chi connectivity index (χ3v) is 5.12. The number of nitrogens with zero attached hydrogens (tertiary/aromatic N) is 4. The number of carbonyl (C=O) groups is 1. The minimum Gasteiger partial charge on any atom is -0.478 e. The van der Waals surface area contributed by atoms with Gasteiger partial charge in [0.05, 0.1) is 12.1 Å². The Kier molecular flexibility index (Phi) is 6.17. The highest BCUT2D eigenvalue weighted by molar-refractivity contribution is 5.95. The molecule has 31 heavy (non-hydrogen) atoms. The molecule has 2 heterocycles. The lowest BCUT2D eigenvalue weighted by Crippen LogP contribution is -2.07. The highest BCUT2D eigenvalue weighted by Crippen LogP contribution is 2.24. The summed E-state index contributed by atoms with van der Waals surface area (Å²) in [5, 5.41) is 14.2. The number of aryl methyl sites for hydroxylation is 1. The van der Waals surface area contributed by atoms with Crippen molar-refractivity contribution in [2.75, 3.05) is 0 Å². The summed E-state index contributed by atoms with van der Waals surface area (Å²) in [6, 6.07) is 19.9. The molecule has 0 radical (unpaired) electrons. The molecule has 0 saturated carbocycles. The number of benzene rings is 2. The maximum Gasteiger partial charge on any atom is 0.337 e. The molecule has 0 aliphatic heterocycles. The number of carboxylic acid groups (broad SMARTS) is 1. The molecule has 2 aromatic carbocycles. The van der Waals surface area contributed by atoms with Crippen molar-refractivity contribution in [1.82, 2.24) is 19.7 Å². The minimum absolute atomic E-state index is 0.197. The van der Waals surface area contributed by atoms with E-state index in [1.165, 1.54) is 11.8 Å². The molecule has 6 heteroatoms. The van der Waals surface area contributed by atoms with Gasteiger partial charge in [0.2, 0.25) is 0 Å². The van der Waals surface area contributed by atoms with E-state index in [1.807, 2.05) is 47.1 Å². The average molecular weight is 412 g/mol. The van der Waals surface area contributed by atoms with E-state index in [9.17, 15) is 9.90 Å². The lowest BCUT2D eigenvalue weighted by Gasteiger charge is -2.08. The summed E-state index contributed by atoms with van der Waals surface area (Å²) in [5.74, 6) is 0.832. The lowest BCUT2D eigenvalue weighted by atomic mass is 10.0. The summed E-state index contributed by atoms with van der Waals surface area (Å²) in [5.41, 5.74) is 3.98. The number of rotatable bonds is 8. The molecular formula is C25H24N4O2. The van der Waals surface area contributed by atoms with Gasteiger partial charge in [-0.05, 0) is 34.7 Å². The van der Waals surface area contributed by atoms with E-state index in [1.54, 1.807) is 12.3 Å². The standard InChI is InChI=1S/C25H24N4O2/c1-2-6-24-27-23(15-18-7-4-3-5-8-18)28-29(24)17-19-9-11-20(12-10-19)21-13-14-26-16-22(21)25(30)31/h3-5,7-14,16H,2,6,15,17H2,1H3,(H,30,31). The second-order valence-corrected chi connectivity index (χ2v) is 7.44. The van der Waals surface area contributed by atoms with Gasteiger partial charge in [0.25, 0.3) is 0 Å². The van der Waals surface area contributed by atoms with Gasteiger partial charge in [0.1, 0.15) is 5.82 Å². The van der Waals surface area contributed by atoms with Crippen molar-refractivity contribution in [2.45, 2.75) is 32.7 Å². The number of carboxylic acids is 1. The maximum absolute atomic E-state index is 11.5. The smallest absolute Gasteiger partial charge is 0.337 e. The Bertz CT molecular complexity index is 1170. The van der Waals surface area contributed by atoms with E-state index >= 15 is 0 Å².